The Hall–Kier alpha value is -5.54. The number of ether oxygens (including phenoxy) is 3. The number of rotatable bonds is 19. The molecule has 4 aromatic rings. The Labute approximate surface area is 843 Å². The number of hydrogen-bond donors (Lipinski definition) is 4. The van der Waals surface area contributed by atoms with Crippen molar-refractivity contribution in [2.75, 3.05) is 231 Å². The molecule has 0 unspecified atom stereocenters. The van der Waals surface area contributed by atoms with Gasteiger partial charge in [-0.1, -0.05) is 16.6 Å². The first-order valence-electron chi connectivity index (χ1n) is 49.6. The van der Waals surface area contributed by atoms with E-state index in [1.54, 1.807) is 4.90 Å². The van der Waals surface area contributed by atoms with Crippen LogP contribution in [0.3, 0.4) is 0 Å². The molecule has 0 bridgehead atoms. The fourth-order valence-corrected chi connectivity index (χ4v) is 18.1. The molecule has 0 atom stereocenters. The summed E-state index contributed by atoms with van der Waals surface area (Å²) in [5, 5.41) is 24.2. The van der Waals surface area contributed by atoms with Crippen LogP contribution in [0.4, 0.5) is 38.4 Å². The minimum atomic E-state index is -4.82. The van der Waals surface area contributed by atoms with Gasteiger partial charge in [0, 0.05) is 257 Å². The van der Waals surface area contributed by atoms with E-state index in [4.69, 9.17) is 13.6 Å². The molecule has 0 spiro atoms. The first-order chi connectivity index (χ1) is 64.3. The first-order valence-corrected chi connectivity index (χ1v) is 52.9. The van der Waals surface area contributed by atoms with Gasteiger partial charge in [-0.05, 0) is 284 Å². The average Bonchev–Trinajstić information content (AvgIpc) is 1.67. The molecule has 4 N–H and O–H groups in total. The van der Waals surface area contributed by atoms with Crippen molar-refractivity contribution in [3.8, 4) is 11.5 Å². The van der Waals surface area contributed by atoms with E-state index in [0.29, 0.717) is 55.8 Å². The number of anilines is 2. The van der Waals surface area contributed by atoms with Crippen LogP contribution < -0.4 is 30.7 Å². The van der Waals surface area contributed by atoms with E-state index in [0.717, 1.165) is 174 Å². The average molecular weight is 2060 g/mol. The Morgan fingerprint density at radius 3 is 1.10 bits per heavy atom. The molecule has 1 saturated carbocycles. The Bertz CT molecular complexity index is 3970. The summed E-state index contributed by atoms with van der Waals surface area (Å²) in [6.07, 6.45) is 4.66. The molecule has 2 aromatic carbocycles. The number of likely N-dealkylation sites (tertiary alicyclic amines) is 4. The van der Waals surface area contributed by atoms with Crippen molar-refractivity contribution in [2.45, 2.75) is 268 Å². The number of nitrogens with one attached hydrogen (secondary N) is 4. The molecule has 10 aliphatic heterocycles. The van der Waals surface area contributed by atoms with Crippen LogP contribution in [0.1, 0.15) is 237 Å². The van der Waals surface area contributed by atoms with Gasteiger partial charge in [0.1, 0.15) is 11.5 Å². The summed E-state index contributed by atoms with van der Waals surface area (Å²) in [5.41, 5.74) is 0.0677. The molecule has 32 nitrogen and oxygen atoms in total. The number of benzene rings is 2. The molecule has 2 aromatic heterocycles. The molecule has 15 rings (SSSR count). The summed E-state index contributed by atoms with van der Waals surface area (Å²) in [6, 6.07) is 15.1. The van der Waals surface area contributed by atoms with Gasteiger partial charge in [-0.25, -0.2) is 8.42 Å². The molecular formula is C96H169F6N20O12S2Y-. The van der Waals surface area contributed by atoms with E-state index in [9.17, 15) is 58.1 Å². The van der Waals surface area contributed by atoms with Crippen molar-refractivity contribution in [3.63, 3.8) is 0 Å². The summed E-state index contributed by atoms with van der Waals surface area (Å²) in [4.78, 5) is 76.5. The van der Waals surface area contributed by atoms with Crippen LogP contribution in [-0.4, -0.2) is 409 Å². The monoisotopic (exact) mass is 2060 g/mol. The van der Waals surface area contributed by atoms with Crippen LogP contribution >= 0.6 is 0 Å². The number of sulfone groups is 1. The molecule has 11 aliphatic rings. The number of aromatic nitrogens is 4. The number of carbonyl (C=O) groups is 4. The molecule has 10 saturated heterocycles. The van der Waals surface area contributed by atoms with Crippen LogP contribution in [0.5, 0.6) is 11.5 Å². The number of morpholine rings is 1. The summed E-state index contributed by atoms with van der Waals surface area (Å²) in [6.45, 7) is 75.4. The zero-order valence-electron chi connectivity index (χ0n) is 85.9. The number of nitrogens with zero attached hydrogens (tertiary/aromatic N) is 16. The molecule has 1 radical (unpaired) electrons. The molecular weight excluding hydrogens is 1890 g/mol. The number of carbonyl (C=O) groups excluding carboxylic acids is 4. The number of alkyl halides is 6. The second-order valence-electron chi connectivity index (χ2n) is 38.2. The van der Waals surface area contributed by atoms with Gasteiger partial charge in [-0.15, -0.1) is 43.1 Å². The van der Waals surface area contributed by atoms with Gasteiger partial charge in [0.2, 0.25) is 0 Å². The van der Waals surface area contributed by atoms with E-state index < -0.39 is 68.5 Å². The zero-order chi connectivity index (χ0) is 101. The number of piperazine rings is 3. The van der Waals surface area contributed by atoms with Gasteiger partial charge in [0.25, 0.3) is 11.8 Å². The fraction of sp³-hybridized carbons (Fsp3) is 0.781. The maximum absolute atomic E-state index is 12.2. The Morgan fingerprint density at radius 1 is 0.431 bits per heavy atom. The van der Waals surface area contributed by atoms with Crippen molar-refractivity contribution in [1.82, 2.24) is 89.8 Å². The van der Waals surface area contributed by atoms with E-state index in [1.165, 1.54) is 156 Å². The third-order valence-corrected chi connectivity index (χ3v) is 27.9. The van der Waals surface area contributed by atoms with Crippen molar-refractivity contribution in [3.05, 3.63) is 78.4 Å². The van der Waals surface area contributed by atoms with Crippen LogP contribution in [0.2, 0.25) is 0 Å². The first kappa shape index (κ1) is 124. The second-order valence-corrected chi connectivity index (χ2v) is 42.2. The topological polar surface area (TPSA) is 312 Å². The molecule has 11 fully saturated rings. The number of hydrogen-bond acceptors (Lipinski definition) is 28. The Kier molecular flexibility index (Phi) is 59.3. The largest absolute Gasteiger partial charge is 0.573 e. The number of amides is 4. The van der Waals surface area contributed by atoms with E-state index in [1.807, 2.05) is 0 Å². The van der Waals surface area contributed by atoms with Gasteiger partial charge < -0.3 is 65.1 Å². The van der Waals surface area contributed by atoms with Gasteiger partial charge in [-0.3, -0.25) is 68.3 Å². The van der Waals surface area contributed by atoms with Crippen LogP contribution in [0.15, 0.2) is 57.4 Å². The molecule has 137 heavy (non-hydrogen) atoms. The molecule has 12 heterocycles. The molecule has 4 amide bonds. The molecule has 41 heteroatoms. The van der Waals surface area contributed by atoms with E-state index in [2.05, 4.69) is 244 Å². The minimum absolute atomic E-state index is 0. The maximum atomic E-state index is 12.2. The van der Waals surface area contributed by atoms with E-state index in [-0.39, 0.29) is 74.2 Å². The fourth-order valence-electron chi connectivity index (χ4n) is 15.8. The summed E-state index contributed by atoms with van der Waals surface area (Å²) in [5.74, 6) is -1.58. The summed E-state index contributed by atoms with van der Waals surface area (Å²) < 4.78 is 128. The number of likely N-dealkylation sites (N-methyl/N-ethyl adjacent to an activating group) is 1. The standard InChI is InChI=1S/C16H15F3N4O4.C13H10F3N4O4.C10H20N2.C8H18N2.C8H17N.C7H16N2.C7H15NO2S.C7H15NOS.C7H15NO.C7H15N.C6H13N.Y/c17-16(18,19)27-11-6-4-10(5-7-11)12(24)20-15-22-21-13(26-15)14(25)23-8-2-1-3-9-23;1-2-17-10(22)11-19-20-12(23-11)18-9(21)7-3-5-8(6-4-7)24-13(14,15)16;1-9(2)11-5-7-12(8-6-11)10-3-4-10;1-8(2)10-6-4-9(3)5-7-10;1-8(2)9-6-4-3-5-7-9;1-7(2)9-5-3-8-4-6-9;1-7(2)8-3-5-11(9,10)6-4-8;1-7(2)8-3-5-10(9)6-4-8;1-7(2)8-3-5-9-6-4-8;1-7(2)8-5-3-4-6-8;1-6(2)7-4-3-5-7;/h4-7H,1-3,8-9H2,(H,20,22,24);3-6H,1-2H2,(H,17,22)(H,18,20,21);9-10H,3-8H2,1-2H3;8H,4-7H2,1-3H3;8H,3-7H2,1-2H3;7-8H,3-6H2,1-2H3;7H,3-6H2,1-2H3;7H,3-6H2,1-2H3;7H,3-6H2,1-2H3;7H,3-6H2,1-2H3;6H,3-5H2,1-2H3;/q;-1;;;;;;;;;;. The molecule has 783 valence electrons. The van der Waals surface area contributed by atoms with E-state index >= 15 is 0 Å². The maximum Gasteiger partial charge on any atom is 0.573 e. The van der Waals surface area contributed by atoms with Crippen molar-refractivity contribution in [2.24, 2.45) is 0 Å². The minimum Gasteiger partial charge on any atom is -0.406 e. The van der Waals surface area contributed by atoms with Gasteiger partial charge in [0.15, 0.2) is 9.84 Å². The van der Waals surface area contributed by atoms with Gasteiger partial charge in [0.05, 0.1) is 24.7 Å². The van der Waals surface area contributed by atoms with Crippen LogP contribution in [-0.2, 0) is 58.1 Å². The Balaban J connectivity index is 0.000000325. The summed E-state index contributed by atoms with van der Waals surface area (Å²) >= 11 is 0. The smallest absolute Gasteiger partial charge is 0.406 e. The number of piperidine rings is 2. The third-order valence-electron chi connectivity index (χ3n) is 25.0. The predicted molar refractivity (Wildman–Crippen MR) is 529 cm³/mol. The van der Waals surface area contributed by atoms with Gasteiger partial charge in [-0.2, -0.15) is 0 Å². The second kappa shape index (κ2) is 65.7. The Morgan fingerprint density at radius 2 is 0.759 bits per heavy atom. The quantitative estimate of drug-likeness (QED) is 0.0501. The SMILES string of the molecule is CC(C)N1CCC1.CC(C)N1CCCC1.CC(C)N1CCCCC1.CC(C)N1CCN(C)CC1.CC(C)N1CCN(C2CC2)CC1.CC(C)N1CCNCC1.CC(C)N1CCOCC1.CC(C)N1CCS(=O)(=O)CC1.CC(C)N1CCS(=O)CC1.O=C(Nc1nnc(C(=O)N2CCCCC2)o1)c1ccc(OC(F)(F)F)cc1.[CH2-]CNC(=O)c1nnc(NC(=O)c2ccc(OC(F)(F)F)cc2)o1.[Y]. The van der Waals surface area contributed by atoms with Crippen molar-refractivity contribution in [1.29, 1.82) is 0 Å². The number of halogens is 6. The van der Waals surface area contributed by atoms with Gasteiger partial charge >= 0.3 is 48.3 Å². The zero-order valence-corrected chi connectivity index (χ0v) is 90.4. The third kappa shape index (κ3) is 52.0. The normalized spacial score (nSPS) is 19.9. The van der Waals surface area contributed by atoms with Crippen LogP contribution in [0.25, 0.3) is 0 Å². The summed E-state index contributed by atoms with van der Waals surface area (Å²) in [7, 11) is -1.02. The van der Waals surface area contributed by atoms with Crippen molar-refractivity contribution < 1.29 is 114 Å². The molecule has 1 aliphatic carbocycles. The van der Waals surface area contributed by atoms with Crippen molar-refractivity contribution >= 4 is 56.3 Å². The predicted octanol–water partition coefficient (Wildman–Crippen LogP) is 12.5. The van der Waals surface area contributed by atoms with Crippen LogP contribution in [0, 0.1) is 6.92 Å².